The van der Waals surface area contributed by atoms with E-state index >= 15 is 0 Å². The molecule has 6 rings (SSSR count). The van der Waals surface area contributed by atoms with Gasteiger partial charge < -0.3 is 4.90 Å². The molecular formula is C27H23FN2O2S. The Bertz CT molecular complexity index is 1240. The molecule has 0 saturated heterocycles. The molecule has 6 heteroatoms. The van der Waals surface area contributed by atoms with Gasteiger partial charge in [-0.1, -0.05) is 42.5 Å². The van der Waals surface area contributed by atoms with Gasteiger partial charge >= 0.3 is 0 Å². The summed E-state index contributed by atoms with van der Waals surface area (Å²) in [6, 6.07) is 22.0. The van der Waals surface area contributed by atoms with Gasteiger partial charge in [-0.05, 0) is 78.2 Å². The van der Waals surface area contributed by atoms with Gasteiger partial charge in [-0.25, -0.2) is 4.39 Å². The number of nitrogens with one attached hydrogen (secondary N) is 1. The van der Waals surface area contributed by atoms with Crippen LogP contribution in [0, 0.1) is 5.82 Å². The van der Waals surface area contributed by atoms with Crippen molar-refractivity contribution in [2.45, 2.75) is 42.4 Å². The fourth-order valence-electron chi connectivity index (χ4n) is 4.93. The predicted molar refractivity (Wildman–Crippen MR) is 128 cm³/mol. The van der Waals surface area contributed by atoms with Crippen LogP contribution in [0.4, 0.5) is 10.1 Å². The maximum atomic E-state index is 13.7. The summed E-state index contributed by atoms with van der Waals surface area (Å²) in [7, 11) is 0. The fourth-order valence-corrected chi connectivity index (χ4v) is 5.69. The van der Waals surface area contributed by atoms with Gasteiger partial charge in [0.05, 0.1) is 12.0 Å². The van der Waals surface area contributed by atoms with Crippen LogP contribution in [0.5, 0.6) is 0 Å². The second-order valence-electron chi connectivity index (χ2n) is 9.13. The molecule has 3 aliphatic rings. The zero-order valence-corrected chi connectivity index (χ0v) is 18.8. The summed E-state index contributed by atoms with van der Waals surface area (Å²) in [5.74, 6) is -0.191. The zero-order chi connectivity index (χ0) is 22.6. The van der Waals surface area contributed by atoms with Gasteiger partial charge in [-0.2, -0.15) is 0 Å². The second kappa shape index (κ2) is 7.73. The maximum Gasteiger partial charge on any atom is 0.261 e. The third kappa shape index (κ3) is 3.53. The first-order valence-corrected chi connectivity index (χ1v) is 12.2. The molecule has 2 amide bonds. The summed E-state index contributed by atoms with van der Waals surface area (Å²) in [4.78, 5) is 27.9. The molecular weight excluding hydrogens is 435 g/mol. The molecule has 1 spiro atoms. The van der Waals surface area contributed by atoms with E-state index in [9.17, 15) is 14.0 Å². The normalized spacial score (nSPS) is 23.0. The highest BCUT2D eigenvalue weighted by atomic mass is 32.2. The van der Waals surface area contributed by atoms with Crippen LogP contribution in [0.2, 0.25) is 0 Å². The van der Waals surface area contributed by atoms with Gasteiger partial charge in [-0.15, -0.1) is 0 Å². The standard InChI is InChI=1S/C27H23FN2O2S/c28-20-11-9-18(10-12-20)23-15-27(23)22-3-1-2-4-24(22)30(26(27)32)16-17-5-7-19(8-6-17)25(31)29-33-21-13-14-21/h1-12,21,23H,13-16H2,(H,29,31)/t23-,27-/m1/s1. The number of halogens is 1. The third-order valence-corrected chi connectivity index (χ3v) is 8.04. The van der Waals surface area contributed by atoms with Gasteiger partial charge in [0.25, 0.3) is 5.91 Å². The highest BCUT2D eigenvalue weighted by Gasteiger charge is 2.67. The monoisotopic (exact) mass is 458 g/mol. The molecule has 0 unspecified atom stereocenters. The molecule has 2 atom stereocenters. The Kier molecular flexibility index (Phi) is 4.80. The van der Waals surface area contributed by atoms with Gasteiger partial charge in [-0.3, -0.25) is 14.3 Å². The summed E-state index contributed by atoms with van der Waals surface area (Å²) < 4.78 is 16.3. The van der Waals surface area contributed by atoms with E-state index in [-0.39, 0.29) is 23.5 Å². The smallest absolute Gasteiger partial charge is 0.261 e. The quantitative estimate of drug-likeness (QED) is 0.508. The predicted octanol–water partition coefficient (Wildman–Crippen LogP) is 5.34. The molecule has 3 aromatic carbocycles. The largest absolute Gasteiger partial charge is 0.307 e. The van der Waals surface area contributed by atoms with Crippen molar-refractivity contribution in [2.24, 2.45) is 0 Å². The lowest BCUT2D eigenvalue weighted by Gasteiger charge is -2.19. The first kappa shape index (κ1) is 20.5. The minimum Gasteiger partial charge on any atom is -0.307 e. The summed E-state index contributed by atoms with van der Waals surface area (Å²) >= 11 is 1.50. The Balaban J connectivity index is 1.23. The molecule has 166 valence electrons. The van der Waals surface area contributed by atoms with Crippen molar-refractivity contribution in [3.63, 3.8) is 0 Å². The molecule has 4 nitrogen and oxygen atoms in total. The van der Waals surface area contributed by atoms with Crippen molar-refractivity contribution in [1.29, 1.82) is 0 Å². The number of carbonyl (C=O) groups is 2. The molecule has 0 bridgehead atoms. The first-order valence-electron chi connectivity index (χ1n) is 11.3. The summed E-state index contributed by atoms with van der Waals surface area (Å²) in [6.45, 7) is 0.451. The molecule has 1 N–H and O–H groups in total. The molecule has 1 aliphatic heterocycles. The van der Waals surface area contributed by atoms with Gasteiger partial charge in [0, 0.05) is 22.4 Å². The highest BCUT2D eigenvalue weighted by molar-refractivity contribution is 7.98. The average Bonchev–Trinajstić information content (AvgIpc) is 3.76. The lowest BCUT2D eigenvalue weighted by atomic mass is 9.92. The van der Waals surface area contributed by atoms with Crippen molar-refractivity contribution in [3.05, 3.63) is 101 Å². The number of hydrogen-bond acceptors (Lipinski definition) is 3. The van der Waals surface area contributed by atoms with E-state index in [4.69, 9.17) is 0 Å². The minimum absolute atomic E-state index is 0.0618. The van der Waals surface area contributed by atoms with Gasteiger partial charge in [0.2, 0.25) is 5.91 Å². The minimum atomic E-state index is -0.561. The van der Waals surface area contributed by atoms with Crippen LogP contribution >= 0.6 is 11.9 Å². The molecule has 1 heterocycles. The highest BCUT2D eigenvalue weighted by Crippen LogP contribution is 2.66. The number of nitrogens with zero attached hydrogens (tertiary/aromatic N) is 1. The van der Waals surface area contributed by atoms with Crippen LogP contribution < -0.4 is 9.62 Å². The molecule has 33 heavy (non-hydrogen) atoms. The maximum absolute atomic E-state index is 13.7. The molecule has 0 aromatic heterocycles. The van der Waals surface area contributed by atoms with E-state index in [2.05, 4.69) is 4.72 Å². The number of para-hydroxylation sites is 1. The van der Waals surface area contributed by atoms with Crippen LogP contribution in [0.3, 0.4) is 0 Å². The van der Waals surface area contributed by atoms with E-state index in [1.807, 2.05) is 53.4 Å². The number of carbonyl (C=O) groups excluding carboxylic acids is 2. The lowest BCUT2D eigenvalue weighted by Crippen LogP contribution is -2.32. The lowest BCUT2D eigenvalue weighted by molar-refractivity contribution is -0.120. The fraction of sp³-hybridized carbons (Fsp3) is 0.259. The van der Waals surface area contributed by atoms with Crippen molar-refractivity contribution >= 4 is 29.4 Å². The van der Waals surface area contributed by atoms with Crippen LogP contribution in [-0.2, 0) is 16.8 Å². The van der Waals surface area contributed by atoms with Crippen molar-refractivity contribution in [3.8, 4) is 0 Å². The van der Waals surface area contributed by atoms with Crippen LogP contribution in [0.15, 0.2) is 72.8 Å². The SMILES string of the molecule is O=C(NSC1CC1)c1ccc(CN2C(=O)[C@]3(C[C@@H]3c3ccc(F)cc3)c3ccccc32)cc1. The first-order chi connectivity index (χ1) is 16.1. The average molecular weight is 459 g/mol. The van der Waals surface area contributed by atoms with Crippen molar-refractivity contribution in [1.82, 2.24) is 4.72 Å². The van der Waals surface area contributed by atoms with E-state index in [1.54, 1.807) is 12.1 Å². The van der Waals surface area contributed by atoms with Crippen molar-refractivity contribution < 1.29 is 14.0 Å². The topological polar surface area (TPSA) is 49.4 Å². The van der Waals surface area contributed by atoms with Crippen LogP contribution in [-0.4, -0.2) is 17.1 Å². The zero-order valence-electron chi connectivity index (χ0n) is 18.0. The van der Waals surface area contributed by atoms with Crippen LogP contribution in [0.1, 0.15) is 52.2 Å². The Morgan fingerprint density at radius 1 is 1.03 bits per heavy atom. The number of amides is 2. The number of anilines is 1. The summed E-state index contributed by atoms with van der Waals surface area (Å²) in [6.07, 6.45) is 3.07. The summed E-state index contributed by atoms with van der Waals surface area (Å²) in [5, 5.41) is 0.558. The Hall–Kier alpha value is -3.12. The molecule has 3 aromatic rings. The number of hydrogen-bond donors (Lipinski definition) is 1. The Morgan fingerprint density at radius 3 is 2.48 bits per heavy atom. The molecule has 2 fully saturated rings. The second-order valence-corrected chi connectivity index (χ2v) is 10.2. The van der Waals surface area contributed by atoms with Gasteiger partial charge in [0.1, 0.15) is 5.82 Å². The number of fused-ring (bicyclic) bond motifs is 2. The van der Waals surface area contributed by atoms with Gasteiger partial charge in [0.15, 0.2) is 0 Å². The number of benzene rings is 3. The van der Waals surface area contributed by atoms with E-state index < -0.39 is 5.41 Å². The Morgan fingerprint density at radius 2 is 1.76 bits per heavy atom. The Labute approximate surface area is 196 Å². The summed E-state index contributed by atoms with van der Waals surface area (Å²) in [5.41, 5.74) is 4.03. The molecule has 2 aliphatic carbocycles. The van der Waals surface area contributed by atoms with E-state index in [0.717, 1.165) is 28.8 Å². The van der Waals surface area contributed by atoms with Crippen LogP contribution in [0.25, 0.3) is 0 Å². The van der Waals surface area contributed by atoms with E-state index in [0.29, 0.717) is 17.4 Å². The third-order valence-electron chi connectivity index (χ3n) is 6.93. The molecule has 0 radical (unpaired) electrons. The van der Waals surface area contributed by atoms with E-state index in [1.165, 1.54) is 36.9 Å². The molecule has 2 saturated carbocycles. The van der Waals surface area contributed by atoms with Crippen molar-refractivity contribution in [2.75, 3.05) is 4.90 Å². The number of rotatable bonds is 6.